The van der Waals surface area contributed by atoms with Crippen molar-refractivity contribution in [2.45, 2.75) is 45.2 Å². The minimum atomic E-state index is 0.526. The molecule has 3 unspecified atom stereocenters. The Morgan fingerprint density at radius 3 is 2.90 bits per heavy atom. The fourth-order valence-electron chi connectivity index (χ4n) is 3.70. The molecule has 1 fully saturated rings. The summed E-state index contributed by atoms with van der Waals surface area (Å²) in [4.78, 5) is 2.70. The average molecular weight is 288 g/mol. The van der Waals surface area contributed by atoms with Gasteiger partial charge in [-0.05, 0) is 18.4 Å². The van der Waals surface area contributed by atoms with Gasteiger partial charge in [-0.15, -0.1) is 0 Å². The van der Waals surface area contributed by atoms with Gasteiger partial charge in [0.25, 0.3) is 0 Å². The minimum Gasteiger partial charge on any atom is -0.493 e. The Balaban J connectivity index is 1.72. The monoisotopic (exact) mass is 288 g/mol. The van der Waals surface area contributed by atoms with Crippen LogP contribution in [-0.2, 0) is 0 Å². The fraction of sp³-hybridized carbons (Fsp3) is 0.667. The lowest BCUT2D eigenvalue weighted by Crippen LogP contribution is -2.58. The van der Waals surface area contributed by atoms with E-state index in [1.165, 1.54) is 12.0 Å². The molecule has 3 heteroatoms. The third kappa shape index (κ3) is 3.09. The lowest BCUT2D eigenvalue weighted by Gasteiger charge is -2.43. The van der Waals surface area contributed by atoms with Crippen LogP contribution in [0.5, 0.6) is 5.75 Å². The zero-order valence-electron chi connectivity index (χ0n) is 13.5. The highest BCUT2D eigenvalue weighted by Gasteiger charge is 2.33. The maximum atomic E-state index is 5.86. The SMILES string of the molecule is CCC1CN(CC2COc3ccccc32)C(C(C)C)CN1. The summed E-state index contributed by atoms with van der Waals surface area (Å²) in [5.74, 6) is 2.30. The van der Waals surface area contributed by atoms with E-state index in [-0.39, 0.29) is 0 Å². The lowest BCUT2D eigenvalue weighted by molar-refractivity contribution is 0.0874. The predicted octanol–water partition coefficient (Wildman–Crippen LogP) is 2.87. The maximum Gasteiger partial charge on any atom is 0.122 e. The molecule has 0 bridgehead atoms. The molecule has 3 rings (SSSR count). The van der Waals surface area contributed by atoms with Crippen molar-refractivity contribution in [2.75, 3.05) is 26.2 Å². The molecule has 1 aromatic rings. The van der Waals surface area contributed by atoms with Crippen molar-refractivity contribution in [3.8, 4) is 5.75 Å². The molecular formula is C18H28N2O. The Bertz CT molecular complexity index is 474. The zero-order valence-corrected chi connectivity index (χ0v) is 13.5. The number of ether oxygens (including phenoxy) is 1. The Morgan fingerprint density at radius 2 is 2.14 bits per heavy atom. The molecule has 2 aliphatic rings. The number of rotatable bonds is 4. The van der Waals surface area contributed by atoms with Crippen molar-refractivity contribution in [1.29, 1.82) is 0 Å². The average Bonchev–Trinajstić information content (AvgIpc) is 2.90. The Kier molecular flexibility index (Phi) is 4.51. The molecule has 3 atom stereocenters. The van der Waals surface area contributed by atoms with E-state index >= 15 is 0 Å². The Labute approximate surface area is 128 Å². The molecule has 116 valence electrons. The van der Waals surface area contributed by atoms with Crippen LogP contribution in [0.15, 0.2) is 24.3 Å². The van der Waals surface area contributed by atoms with Crippen LogP contribution in [0.1, 0.15) is 38.7 Å². The first-order valence-electron chi connectivity index (χ1n) is 8.38. The number of fused-ring (bicyclic) bond motifs is 1. The van der Waals surface area contributed by atoms with E-state index in [0.717, 1.165) is 32.0 Å². The standard InChI is InChI=1S/C18H28N2O/c1-4-15-11-20(17(9-19-15)13(2)3)10-14-12-21-18-8-6-5-7-16(14)18/h5-8,13-15,17,19H,4,9-12H2,1-3H3. The molecule has 1 N–H and O–H groups in total. The van der Waals surface area contributed by atoms with Crippen molar-refractivity contribution < 1.29 is 4.74 Å². The van der Waals surface area contributed by atoms with Crippen molar-refractivity contribution >= 4 is 0 Å². The maximum absolute atomic E-state index is 5.86. The van der Waals surface area contributed by atoms with Crippen LogP contribution in [0, 0.1) is 5.92 Å². The molecule has 2 aliphatic heterocycles. The number of nitrogens with one attached hydrogen (secondary N) is 1. The second kappa shape index (κ2) is 6.37. The van der Waals surface area contributed by atoms with E-state index in [1.54, 1.807) is 0 Å². The topological polar surface area (TPSA) is 24.5 Å². The van der Waals surface area contributed by atoms with Crippen molar-refractivity contribution in [3.05, 3.63) is 29.8 Å². The fourth-order valence-corrected chi connectivity index (χ4v) is 3.70. The van der Waals surface area contributed by atoms with Crippen molar-refractivity contribution in [3.63, 3.8) is 0 Å². The highest BCUT2D eigenvalue weighted by Crippen LogP contribution is 2.34. The van der Waals surface area contributed by atoms with Gasteiger partial charge in [0.1, 0.15) is 5.75 Å². The molecule has 1 saturated heterocycles. The highest BCUT2D eigenvalue weighted by atomic mass is 16.5. The number of hydrogen-bond donors (Lipinski definition) is 1. The van der Waals surface area contributed by atoms with Gasteiger partial charge in [0.15, 0.2) is 0 Å². The second-order valence-electron chi connectivity index (χ2n) is 6.82. The van der Waals surface area contributed by atoms with Crippen LogP contribution in [-0.4, -0.2) is 43.2 Å². The molecule has 0 aliphatic carbocycles. The minimum absolute atomic E-state index is 0.526. The summed E-state index contributed by atoms with van der Waals surface area (Å²) in [6.07, 6.45) is 1.21. The zero-order chi connectivity index (χ0) is 14.8. The van der Waals surface area contributed by atoms with Crippen molar-refractivity contribution in [2.24, 2.45) is 5.92 Å². The van der Waals surface area contributed by atoms with Gasteiger partial charge in [0.05, 0.1) is 6.61 Å². The smallest absolute Gasteiger partial charge is 0.122 e. The molecule has 0 radical (unpaired) electrons. The molecule has 2 heterocycles. The third-order valence-electron chi connectivity index (χ3n) is 5.06. The van der Waals surface area contributed by atoms with Crippen LogP contribution < -0.4 is 10.1 Å². The number of nitrogens with zero attached hydrogens (tertiary/aromatic N) is 1. The van der Waals surface area contributed by atoms with Crippen molar-refractivity contribution in [1.82, 2.24) is 10.2 Å². The van der Waals surface area contributed by atoms with Crippen LogP contribution >= 0.6 is 0 Å². The van der Waals surface area contributed by atoms with Gasteiger partial charge in [-0.1, -0.05) is 39.0 Å². The number of para-hydroxylation sites is 1. The first-order valence-corrected chi connectivity index (χ1v) is 8.38. The van der Waals surface area contributed by atoms with E-state index in [1.807, 2.05) is 0 Å². The van der Waals surface area contributed by atoms with E-state index < -0.39 is 0 Å². The van der Waals surface area contributed by atoms with E-state index in [4.69, 9.17) is 4.74 Å². The molecule has 3 nitrogen and oxygen atoms in total. The van der Waals surface area contributed by atoms with Crippen LogP contribution in [0.4, 0.5) is 0 Å². The molecule has 0 saturated carbocycles. The van der Waals surface area contributed by atoms with Gasteiger partial charge < -0.3 is 10.1 Å². The van der Waals surface area contributed by atoms with Crippen LogP contribution in [0.25, 0.3) is 0 Å². The number of hydrogen-bond acceptors (Lipinski definition) is 3. The lowest BCUT2D eigenvalue weighted by atomic mass is 9.94. The second-order valence-corrected chi connectivity index (χ2v) is 6.82. The predicted molar refractivity (Wildman–Crippen MR) is 87.0 cm³/mol. The molecule has 21 heavy (non-hydrogen) atoms. The van der Waals surface area contributed by atoms with Gasteiger partial charge in [0.2, 0.25) is 0 Å². The normalized spacial score (nSPS) is 29.4. The van der Waals surface area contributed by atoms with E-state index in [9.17, 15) is 0 Å². The van der Waals surface area contributed by atoms with Crippen LogP contribution in [0.3, 0.4) is 0 Å². The summed E-state index contributed by atoms with van der Waals surface area (Å²) in [5, 5.41) is 3.70. The molecule has 0 spiro atoms. The Morgan fingerprint density at radius 1 is 1.33 bits per heavy atom. The molecule has 0 amide bonds. The van der Waals surface area contributed by atoms with Gasteiger partial charge in [-0.3, -0.25) is 4.90 Å². The summed E-state index contributed by atoms with van der Waals surface area (Å²) in [5.41, 5.74) is 1.39. The molecule has 0 aromatic heterocycles. The number of piperazine rings is 1. The van der Waals surface area contributed by atoms with Gasteiger partial charge in [-0.25, -0.2) is 0 Å². The van der Waals surface area contributed by atoms with Crippen LogP contribution in [0.2, 0.25) is 0 Å². The first kappa shape index (κ1) is 14.9. The van der Waals surface area contributed by atoms with E-state index in [0.29, 0.717) is 23.9 Å². The first-order chi connectivity index (χ1) is 10.2. The summed E-state index contributed by atoms with van der Waals surface area (Å²) in [6.45, 7) is 11.2. The van der Waals surface area contributed by atoms with Gasteiger partial charge in [-0.2, -0.15) is 0 Å². The summed E-state index contributed by atoms with van der Waals surface area (Å²) in [6, 6.07) is 9.81. The summed E-state index contributed by atoms with van der Waals surface area (Å²) in [7, 11) is 0. The summed E-state index contributed by atoms with van der Waals surface area (Å²) < 4.78 is 5.86. The summed E-state index contributed by atoms with van der Waals surface area (Å²) >= 11 is 0. The van der Waals surface area contributed by atoms with Gasteiger partial charge in [0, 0.05) is 43.2 Å². The number of benzene rings is 1. The van der Waals surface area contributed by atoms with E-state index in [2.05, 4.69) is 55.3 Å². The quantitative estimate of drug-likeness (QED) is 0.922. The molecule has 1 aromatic carbocycles. The third-order valence-corrected chi connectivity index (χ3v) is 5.06. The molecular weight excluding hydrogens is 260 g/mol. The largest absolute Gasteiger partial charge is 0.493 e. The highest BCUT2D eigenvalue weighted by molar-refractivity contribution is 5.39. The van der Waals surface area contributed by atoms with Gasteiger partial charge >= 0.3 is 0 Å². The Hall–Kier alpha value is -1.06.